The lowest BCUT2D eigenvalue weighted by Crippen LogP contribution is -2.27. The van der Waals surface area contributed by atoms with Crippen molar-refractivity contribution in [2.75, 3.05) is 31.3 Å². The number of benzene rings is 1. The Balaban J connectivity index is 1.48. The summed E-state index contributed by atoms with van der Waals surface area (Å²) in [5, 5.41) is 6.03. The van der Waals surface area contributed by atoms with Crippen LogP contribution in [0.25, 0.3) is 11.1 Å². The molecule has 4 rings (SSSR count). The molecular weight excluding hydrogens is 465 g/mol. The van der Waals surface area contributed by atoms with E-state index in [-0.39, 0.29) is 11.7 Å². The molecule has 1 aromatic carbocycles. The number of carbonyl (C=O) groups is 2. The highest BCUT2D eigenvalue weighted by molar-refractivity contribution is 7.15. The summed E-state index contributed by atoms with van der Waals surface area (Å²) in [5.41, 5.74) is 1.59. The molecule has 0 unspecified atom stereocenters. The van der Waals surface area contributed by atoms with Crippen molar-refractivity contribution < 1.29 is 14.0 Å². The van der Waals surface area contributed by atoms with Crippen molar-refractivity contribution in [3.8, 4) is 11.1 Å². The third-order valence-electron chi connectivity index (χ3n) is 5.88. The van der Waals surface area contributed by atoms with Gasteiger partial charge in [0.1, 0.15) is 0 Å². The summed E-state index contributed by atoms with van der Waals surface area (Å²) in [6.07, 6.45) is 8.71. The fourth-order valence-electron chi connectivity index (χ4n) is 3.73. The summed E-state index contributed by atoms with van der Waals surface area (Å²) >= 11 is 1.48. The number of carbonyl (C=O) groups excluding carboxylic acids is 2. The number of aryl methyl sites for hydroxylation is 1. The quantitative estimate of drug-likeness (QED) is 0.425. The summed E-state index contributed by atoms with van der Waals surface area (Å²) in [6.45, 7) is 2.65. The number of amides is 2. The summed E-state index contributed by atoms with van der Waals surface area (Å²) < 4.78 is 14.7. The minimum Gasteiger partial charge on any atom is -0.306 e. The predicted octanol–water partition coefficient (Wildman–Crippen LogP) is 4.63. The zero-order valence-electron chi connectivity index (χ0n) is 20.0. The molecule has 1 aliphatic rings. The number of anilines is 2. The van der Waals surface area contributed by atoms with Crippen molar-refractivity contribution in [3.63, 3.8) is 0 Å². The first kappa shape index (κ1) is 24.7. The minimum atomic E-state index is -0.628. The normalized spacial score (nSPS) is 14.3. The average molecular weight is 494 g/mol. The molecule has 2 heterocycles. The Labute approximate surface area is 208 Å². The molecule has 2 aromatic heterocycles. The van der Waals surface area contributed by atoms with E-state index < -0.39 is 17.1 Å². The Kier molecular flexibility index (Phi) is 7.37. The van der Waals surface area contributed by atoms with Gasteiger partial charge < -0.3 is 15.5 Å². The van der Waals surface area contributed by atoms with Gasteiger partial charge >= 0.3 is 0 Å². The van der Waals surface area contributed by atoms with Crippen LogP contribution in [0.2, 0.25) is 0 Å². The van der Waals surface area contributed by atoms with E-state index in [9.17, 15) is 14.0 Å². The van der Waals surface area contributed by atoms with Crippen LogP contribution in [-0.2, 0) is 21.4 Å². The molecule has 0 saturated heterocycles. The molecule has 35 heavy (non-hydrogen) atoms. The fraction of sp³-hybridized carbons (Fsp3) is 0.308. The molecule has 0 aliphatic heterocycles. The molecule has 1 fully saturated rings. The van der Waals surface area contributed by atoms with E-state index in [0.29, 0.717) is 17.2 Å². The highest BCUT2D eigenvalue weighted by atomic mass is 32.1. The topological polar surface area (TPSA) is 87.2 Å². The van der Waals surface area contributed by atoms with Crippen LogP contribution in [-0.4, -0.2) is 47.3 Å². The van der Waals surface area contributed by atoms with E-state index in [2.05, 4.69) is 27.5 Å². The van der Waals surface area contributed by atoms with Crippen LogP contribution < -0.4 is 10.6 Å². The fourth-order valence-corrected chi connectivity index (χ4v) is 4.48. The lowest BCUT2D eigenvalue weighted by molar-refractivity contribution is -0.118. The Hall–Kier alpha value is -3.43. The van der Waals surface area contributed by atoms with Crippen molar-refractivity contribution in [2.45, 2.75) is 31.6 Å². The molecule has 3 aromatic rings. The van der Waals surface area contributed by atoms with Crippen LogP contribution in [0.4, 0.5) is 15.3 Å². The Morgan fingerprint density at radius 3 is 2.60 bits per heavy atom. The number of nitrogens with zero attached hydrogens (tertiary/aromatic N) is 3. The van der Waals surface area contributed by atoms with E-state index in [1.807, 2.05) is 43.3 Å². The molecule has 0 atom stereocenters. The molecule has 182 valence electrons. The van der Waals surface area contributed by atoms with Crippen LogP contribution in [0.15, 0.2) is 54.9 Å². The SMILES string of the molecule is CCc1cnc(NC(=O)C2(c3cccc(-c4cnc(NC(=O)C=CCN(C)C)c(F)c4)c3)CC2)s1. The average Bonchev–Trinajstić information content (AvgIpc) is 3.53. The van der Waals surface area contributed by atoms with Gasteiger partial charge in [0.25, 0.3) is 0 Å². The van der Waals surface area contributed by atoms with E-state index in [1.165, 1.54) is 29.7 Å². The highest BCUT2D eigenvalue weighted by Gasteiger charge is 2.51. The van der Waals surface area contributed by atoms with Crippen LogP contribution in [0.1, 0.15) is 30.2 Å². The molecule has 2 N–H and O–H groups in total. The van der Waals surface area contributed by atoms with Crippen LogP contribution in [0.3, 0.4) is 0 Å². The van der Waals surface area contributed by atoms with Gasteiger partial charge in [0, 0.05) is 35.5 Å². The smallest absolute Gasteiger partial charge is 0.249 e. The van der Waals surface area contributed by atoms with Crippen molar-refractivity contribution in [2.24, 2.45) is 0 Å². The molecule has 7 nitrogen and oxygen atoms in total. The summed E-state index contributed by atoms with van der Waals surface area (Å²) in [4.78, 5) is 36.5. The van der Waals surface area contributed by atoms with Crippen molar-refractivity contribution in [1.29, 1.82) is 0 Å². The number of hydrogen-bond donors (Lipinski definition) is 2. The molecule has 9 heteroatoms. The van der Waals surface area contributed by atoms with E-state index in [1.54, 1.807) is 12.3 Å². The molecule has 0 spiro atoms. The monoisotopic (exact) mass is 493 g/mol. The number of hydrogen-bond acceptors (Lipinski definition) is 6. The highest BCUT2D eigenvalue weighted by Crippen LogP contribution is 2.49. The van der Waals surface area contributed by atoms with E-state index in [0.717, 1.165) is 35.3 Å². The number of pyridine rings is 1. The van der Waals surface area contributed by atoms with Crippen molar-refractivity contribution in [1.82, 2.24) is 14.9 Å². The maximum Gasteiger partial charge on any atom is 0.249 e. The molecular formula is C26H28FN5O2S. The molecule has 2 amide bonds. The number of rotatable bonds is 9. The maximum absolute atomic E-state index is 14.7. The summed E-state index contributed by atoms with van der Waals surface area (Å²) in [7, 11) is 3.77. The van der Waals surface area contributed by atoms with Crippen LogP contribution >= 0.6 is 11.3 Å². The first-order chi connectivity index (χ1) is 16.8. The predicted molar refractivity (Wildman–Crippen MR) is 137 cm³/mol. The third kappa shape index (κ3) is 5.80. The standard InChI is InChI=1S/C26H28FN5O2S/c1-4-20-16-29-25(35-20)31-24(34)26(10-11-26)19-8-5-7-17(13-19)18-14-21(27)23(28-15-18)30-22(33)9-6-12-32(2)3/h5-9,13-16H,4,10-12H2,1-3H3,(H,28,30,33)(H,29,31,34). The summed E-state index contributed by atoms with van der Waals surface area (Å²) in [5.74, 6) is -1.27. The number of aromatic nitrogens is 2. The third-order valence-corrected chi connectivity index (χ3v) is 6.94. The second-order valence-corrected chi connectivity index (χ2v) is 9.93. The number of halogens is 1. The largest absolute Gasteiger partial charge is 0.306 e. The lowest BCUT2D eigenvalue weighted by Gasteiger charge is -2.16. The second-order valence-electron chi connectivity index (χ2n) is 8.81. The van der Waals surface area contributed by atoms with Gasteiger partial charge in [-0.05, 0) is 50.6 Å². The van der Waals surface area contributed by atoms with Gasteiger partial charge in [-0.15, -0.1) is 11.3 Å². The van der Waals surface area contributed by atoms with Crippen molar-refractivity contribution in [3.05, 3.63) is 71.1 Å². The van der Waals surface area contributed by atoms with E-state index >= 15 is 0 Å². The number of nitrogens with one attached hydrogen (secondary N) is 2. The Bertz CT molecular complexity index is 1270. The molecule has 0 bridgehead atoms. The van der Waals surface area contributed by atoms with Gasteiger partial charge in [0.15, 0.2) is 16.8 Å². The maximum atomic E-state index is 14.7. The lowest BCUT2D eigenvalue weighted by atomic mass is 9.92. The van der Waals surface area contributed by atoms with Gasteiger partial charge in [0.05, 0.1) is 5.41 Å². The van der Waals surface area contributed by atoms with E-state index in [4.69, 9.17) is 0 Å². The summed E-state index contributed by atoms with van der Waals surface area (Å²) in [6, 6.07) is 8.88. The zero-order valence-corrected chi connectivity index (χ0v) is 20.8. The van der Waals surface area contributed by atoms with Crippen LogP contribution in [0, 0.1) is 5.82 Å². The Morgan fingerprint density at radius 1 is 1.14 bits per heavy atom. The first-order valence-corrected chi connectivity index (χ1v) is 12.3. The molecule has 0 radical (unpaired) electrons. The minimum absolute atomic E-state index is 0.0728. The second kappa shape index (κ2) is 10.5. The van der Waals surface area contributed by atoms with Gasteiger partial charge in [-0.2, -0.15) is 0 Å². The number of likely N-dealkylation sites (N-methyl/N-ethyl adjacent to an activating group) is 1. The van der Waals surface area contributed by atoms with Crippen LogP contribution in [0.5, 0.6) is 0 Å². The number of thiazole rings is 1. The molecule has 1 saturated carbocycles. The molecule has 1 aliphatic carbocycles. The van der Waals surface area contributed by atoms with Crippen molar-refractivity contribution >= 4 is 34.1 Å². The van der Waals surface area contributed by atoms with Gasteiger partial charge in [-0.3, -0.25) is 9.59 Å². The first-order valence-electron chi connectivity index (χ1n) is 11.5. The van der Waals surface area contributed by atoms with Gasteiger partial charge in [-0.1, -0.05) is 37.3 Å². The van der Waals surface area contributed by atoms with Gasteiger partial charge in [0.2, 0.25) is 11.8 Å². The Morgan fingerprint density at radius 2 is 1.94 bits per heavy atom. The zero-order chi connectivity index (χ0) is 25.0. The van der Waals surface area contributed by atoms with Gasteiger partial charge in [-0.25, -0.2) is 14.4 Å².